The molecule has 0 bridgehead atoms. The van der Waals surface area contributed by atoms with E-state index >= 15 is 0 Å². The Morgan fingerprint density at radius 1 is 1.10 bits per heavy atom. The first-order valence-corrected chi connectivity index (χ1v) is 10.1. The molecule has 3 amide bonds. The van der Waals surface area contributed by atoms with E-state index in [4.69, 9.17) is 4.74 Å². The van der Waals surface area contributed by atoms with Crippen LogP contribution in [0.1, 0.15) is 23.2 Å². The van der Waals surface area contributed by atoms with Crippen LogP contribution in [0.4, 0.5) is 0 Å². The monoisotopic (exact) mass is 412 g/mol. The summed E-state index contributed by atoms with van der Waals surface area (Å²) in [6.07, 6.45) is 2.65. The minimum Gasteiger partial charge on any atom is -0.368 e. The Hall–Kier alpha value is -3.20. The summed E-state index contributed by atoms with van der Waals surface area (Å²) in [5.41, 5.74) is 0.231. The number of piperazine rings is 1. The van der Waals surface area contributed by atoms with Gasteiger partial charge in [-0.2, -0.15) is 0 Å². The highest BCUT2D eigenvalue weighted by Crippen LogP contribution is 2.16. The number of ether oxygens (including phenoxy) is 1. The Labute approximate surface area is 173 Å². The number of para-hydroxylation sites is 1. The third-order valence-electron chi connectivity index (χ3n) is 5.58. The maximum Gasteiger partial charge on any atom is 0.257 e. The number of carbonyl (C=O) groups is 3. The molecule has 0 saturated carbocycles. The number of pyridine rings is 1. The quantitative estimate of drug-likeness (QED) is 0.740. The van der Waals surface area contributed by atoms with Gasteiger partial charge in [0, 0.05) is 49.9 Å². The summed E-state index contributed by atoms with van der Waals surface area (Å²) in [4.78, 5) is 56.0. The third kappa shape index (κ3) is 4.06. The van der Waals surface area contributed by atoms with Crippen molar-refractivity contribution in [3.8, 4) is 0 Å². The molecule has 1 atom stereocenters. The number of amides is 3. The molecule has 2 aliphatic heterocycles. The van der Waals surface area contributed by atoms with Gasteiger partial charge in [-0.25, -0.2) is 0 Å². The fourth-order valence-corrected chi connectivity index (χ4v) is 3.85. The molecule has 1 aromatic heterocycles. The second-order valence-electron chi connectivity index (χ2n) is 7.47. The molecule has 158 valence electrons. The van der Waals surface area contributed by atoms with Gasteiger partial charge < -0.3 is 24.8 Å². The zero-order valence-electron chi connectivity index (χ0n) is 16.6. The van der Waals surface area contributed by atoms with Gasteiger partial charge in [0.25, 0.3) is 11.8 Å². The number of rotatable bonds is 4. The summed E-state index contributed by atoms with van der Waals surface area (Å²) >= 11 is 0. The summed E-state index contributed by atoms with van der Waals surface area (Å²) in [5, 5.41) is 2.95. The molecule has 30 heavy (non-hydrogen) atoms. The lowest BCUT2D eigenvalue weighted by molar-refractivity contribution is -0.145. The van der Waals surface area contributed by atoms with Gasteiger partial charge in [-0.05, 0) is 25.0 Å². The Kier molecular flexibility index (Phi) is 5.80. The molecular formula is C21H24N4O5. The van der Waals surface area contributed by atoms with E-state index in [0.29, 0.717) is 43.7 Å². The van der Waals surface area contributed by atoms with E-state index in [1.54, 1.807) is 34.1 Å². The molecule has 0 spiro atoms. The van der Waals surface area contributed by atoms with Crippen LogP contribution in [0.3, 0.4) is 0 Å². The first-order valence-electron chi connectivity index (χ1n) is 10.1. The van der Waals surface area contributed by atoms with Crippen molar-refractivity contribution in [3.05, 3.63) is 46.2 Å². The van der Waals surface area contributed by atoms with Crippen molar-refractivity contribution in [1.82, 2.24) is 20.1 Å². The lowest BCUT2D eigenvalue weighted by Crippen LogP contribution is -2.54. The van der Waals surface area contributed by atoms with Gasteiger partial charge in [0.05, 0.1) is 6.54 Å². The van der Waals surface area contributed by atoms with Crippen LogP contribution in [0.2, 0.25) is 0 Å². The Morgan fingerprint density at radius 3 is 2.57 bits per heavy atom. The lowest BCUT2D eigenvalue weighted by atomic mass is 10.1. The number of benzene rings is 1. The number of aromatic nitrogens is 1. The maximum atomic E-state index is 12.5. The van der Waals surface area contributed by atoms with Gasteiger partial charge in [-0.1, -0.05) is 12.1 Å². The van der Waals surface area contributed by atoms with E-state index in [-0.39, 0.29) is 35.5 Å². The average molecular weight is 412 g/mol. The zero-order chi connectivity index (χ0) is 21.1. The minimum atomic E-state index is -0.595. The molecule has 2 N–H and O–H groups in total. The second-order valence-corrected chi connectivity index (χ2v) is 7.47. The zero-order valence-corrected chi connectivity index (χ0v) is 16.6. The number of hydrogen-bond donors (Lipinski definition) is 2. The van der Waals surface area contributed by atoms with Crippen LogP contribution >= 0.6 is 0 Å². The van der Waals surface area contributed by atoms with Crippen molar-refractivity contribution in [1.29, 1.82) is 0 Å². The molecule has 9 nitrogen and oxygen atoms in total. The molecule has 0 aliphatic carbocycles. The number of carbonyl (C=O) groups excluding carboxylic acids is 3. The molecule has 9 heteroatoms. The third-order valence-corrected chi connectivity index (χ3v) is 5.58. The van der Waals surface area contributed by atoms with E-state index in [1.165, 1.54) is 6.20 Å². The molecule has 2 saturated heterocycles. The Bertz CT molecular complexity index is 1020. The Morgan fingerprint density at radius 2 is 1.83 bits per heavy atom. The van der Waals surface area contributed by atoms with E-state index in [1.807, 2.05) is 0 Å². The predicted octanol–water partition coefficient (Wildman–Crippen LogP) is 0.108. The molecular weight excluding hydrogens is 388 g/mol. The van der Waals surface area contributed by atoms with Crippen LogP contribution < -0.4 is 10.7 Å². The van der Waals surface area contributed by atoms with Crippen molar-refractivity contribution in [2.24, 2.45) is 0 Å². The number of H-pyrrole nitrogens is 1. The van der Waals surface area contributed by atoms with E-state index in [0.717, 1.165) is 12.8 Å². The first kappa shape index (κ1) is 20.1. The summed E-state index contributed by atoms with van der Waals surface area (Å²) in [6.45, 7) is 2.12. The molecule has 3 heterocycles. The van der Waals surface area contributed by atoms with Crippen LogP contribution in [0, 0.1) is 0 Å². The fourth-order valence-electron chi connectivity index (χ4n) is 3.85. The number of nitrogens with one attached hydrogen (secondary N) is 2. The molecule has 1 aromatic carbocycles. The van der Waals surface area contributed by atoms with Crippen LogP contribution in [0.5, 0.6) is 0 Å². The SMILES string of the molecule is O=C(NCC(=O)N1CCN(C(=O)C2CCCO2)CC1)c1c[nH]c2ccccc2c1=O. The van der Waals surface area contributed by atoms with Crippen molar-refractivity contribution < 1.29 is 19.1 Å². The number of hydrogen-bond acceptors (Lipinski definition) is 5. The van der Waals surface area contributed by atoms with Crippen molar-refractivity contribution >= 4 is 28.6 Å². The van der Waals surface area contributed by atoms with Gasteiger partial charge in [-0.3, -0.25) is 19.2 Å². The van der Waals surface area contributed by atoms with Crippen molar-refractivity contribution in [2.45, 2.75) is 18.9 Å². The highest BCUT2D eigenvalue weighted by Gasteiger charge is 2.31. The topological polar surface area (TPSA) is 112 Å². The summed E-state index contributed by atoms with van der Waals surface area (Å²) < 4.78 is 5.44. The van der Waals surface area contributed by atoms with E-state index in [9.17, 15) is 19.2 Å². The summed E-state index contributed by atoms with van der Waals surface area (Å²) in [6, 6.07) is 6.93. The minimum absolute atomic E-state index is 0.0107. The average Bonchev–Trinajstić information content (AvgIpc) is 3.32. The second kappa shape index (κ2) is 8.66. The number of fused-ring (bicyclic) bond motifs is 1. The lowest BCUT2D eigenvalue weighted by Gasteiger charge is -2.35. The first-order chi connectivity index (χ1) is 14.5. The number of nitrogens with zero attached hydrogens (tertiary/aromatic N) is 2. The van der Waals surface area contributed by atoms with Gasteiger partial charge in [-0.15, -0.1) is 0 Å². The molecule has 4 rings (SSSR count). The molecule has 2 aromatic rings. The van der Waals surface area contributed by atoms with Crippen LogP contribution in [-0.2, 0) is 14.3 Å². The van der Waals surface area contributed by atoms with Gasteiger partial charge in [0.2, 0.25) is 11.3 Å². The predicted molar refractivity (Wildman–Crippen MR) is 109 cm³/mol. The van der Waals surface area contributed by atoms with E-state index in [2.05, 4.69) is 10.3 Å². The van der Waals surface area contributed by atoms with Crippen LogP contribution in [0.15, 0.2) is 35.3 Å². The Balaban J connectivity index is 1.30. The normalized spacial score (nSPS) is 19.1. The van der Waals surface area contributed by atoms with Gasteiger partial charge in [0.15, 0.2) is 0 Å². The standard InChI is InChI=1S/C21H24N4O5/c26-18(24-7-9-25(10-8-24)21(29)17-6-3-11-30-17)13-23-20(28)15-12-22-16-5-2-1-4-14(16)19(15)27/h1-2,4-5,12,17H,3,6-11,13H2,(H,22,27)(H,23,28). The smallest absolute Gasteiger partial charge is 0.257 e. The summed E-state index contributed by atoms with van der Waals surface area (Å²) in [5.74, 6) is -0.851. The highest BCUT2D eigenvalue weighted by atomic mass is 16.5. The van der Waals surface area contributed by atoms with E-state index < -0.39 is 5.91 Å². The van der Waals surface area contributed by atoms with Crippen molar-refractivity contribution in [2.75, 3.05) is 39.3 Å². The van der Waals surface area contributed by atoms with Crippen LogP contribution in [-0.4, -0.2) is 77.9 Å². The maximum absolute atomic E-state index is 12.5. The highest BCUT2D eigenvalue weighted by molar-refractivity contribution is 5.98. The molecule has 0 radical (unpaired) electrons. The van der Waals surface area contributed by atoms with Crippen LogP contribution in [0.25, 0.3) is 10.9 Å². The van der Waals surface area contributed by atoms with Gasteiger partial charge >= 0.3 is 0 Å². The fraction of sp³-hybridized carbons (Fsp3) is 0.429. The molecule has 1 unspecified atom stereocenters. The molecule has 2 aliphatic rings. The van der Waals surface area contributed by atoms with Crippen molar-refractivity contribution in [3.63, 3.8) is 0 Å². The largest absolute Gasteiger partial charge is 0.368 e. The molecule has 2 fully saturated rings. The summed E-state index contributed by atoms with van der Waals surface area (Å²) in [7, 11) is 0. The number of aromatic amines is 1. The van der Waals surface area contributed by atoms with Gasteiger partial charge in [0.1, 0.15) is 11.7 Å².